The summed E-state index contributed by atoms with van der Waals surface area (Å²) in [6.45, 7) is 3.22. The summed E-state index contributed by atoms with van der Waals surface area (Å²) in [5.41, 5.74) is -0.0900. The first kappa shape index (κ1) is 10.3. The van der Waals surface area contributed by atoms with Crippen molar-refractivity contribution in [3.05, 3.63) is 11.7 Å². The summed E-state index contributed by atoms with van der Waals surface area (Å²) in [5.74, 6) is 2.27. The van der Waals surface area contributed by atoms with Crippen molar-refractivity contribution < 1.29 is 4.52 Å². The molecule has 0 radical (unpaired) electrons. The van der Waals surface area contributed by atoms with Gasteiger partial charge in [-0.25, -0.2) is 0 Å². The lowest BCUT2D eigenvalue weighted by molar-refractivity contribution is 0.206. The predicted octanol–water partition coefficient (Wildman–Crippen LogP) is 2.33. The topological polar surface area (TPSA) is 51.0 Å². The average Bonchev–Trinajstić information content (AvgIpc) is 2.66. The van der Waals surface area contributed by atoms with E-state index in [9.17, 15) is 0 Å². The average molecular weight is 221 g/mol. The molecule has 88 valence electrons. The van der Waals surface area contributed by atoms with Crippen LogP contribution in [0.5, 0.6) is 0 Å². The van der Waals surface area contributed by atoms with Gasteiger partial charge < -0.3 is 9.84 Å². The van der Waals surface area contributed by atoms with E-state index in [-0.39, 0.29) is 5.54 Å². The maximum Gasteiger partial charge on any atom is 0.246 e. The molecule has 1 N–H and O–H groups in total. The molecule has 1 atom stereocenters. The van der Waals surface area contributed by atoms with E-state index in [4.69, 9.17) is 4.52 Å². The van der Waals surface area contributed by atoms with Crippen LogP contribution in [0.4, 0.5) is 0 Å². The van der Waals surface area contributed by atoms with Crippen molar-refractivity contribution in [2.45, 2.75) is 56.9 Å². The molecule has 1 saturated heterocycles. The first-order chi connectivity index (χ1) is 7.78. The number of piperidine rings is 1. The second kappa shape index (κ2) is 3.84. The Morgan fingerprint density at radius 1 is 1.31 bits per heavy atom. The van der Waals surface area contributed by atoms with Crippen molar-refractivity contribution in [3.8, 4) is 0 Å². The third-order valence-corrected chi connectivity index (χ3v) is 4.00. The number of nitrogens with zero attached hydrogens (tertiary/aromatic N) is 2. The second-order valence-electron chi connectivity index (χ2n) is 5.30. The summed E-state index contributed by atoms with van der Waals surface area (Å²) >= 11 is 0. The molecule has 0 spiro atoms. The molecule has 2 heterocycles. The number of hydrogen-bond acceptors (Lipinski definition) is 4. The standard InChI is InChI=1S/C12H19N3O/c1-12(7-2-3-8-13-12)11-14-10(15-16-11)9-5-4-6-9/h9,13H,2-8H2,1H3. The van der Waals surface area contributed by atoms with Gasteiger partial charge in [0, 0.05) is 5.92 Å². The van der Waals surface area contributed by atoms with E-state index in [1.54, 1.807) is 0 Å². The van der Waals surface area contributed by atoms with Crippen LogP contribution in [-0.4, -0.2) is 16.7 Å². The van der Waals surface area contributed by atoms with Crippen molar-refractivity contribution in [1.82, 2.24) is 15.5 Å². The van der Waals surface area contributed by atoms with Gasteiger partial charge in [-0.3, -0.25) is 0 Å². The van der Waals surface area contributed by atoms with Gasteiger partial charge in [-0.15, -0.1) is 0 Å². The van der Waals surface area contributed by atoms with Crippen LogP contribution >= 0.6 is 0 Å². The van der Waals surface area contributed by atoms with E-state index in [2.05, 4.69) is 22.4 Å². The van der Waals surface area contributed by atoms with Crippen molar-refractivity contribution in [1.29, 1.82) is 0 Å². The van der Waals surface area contributed by atoms with E-state index >= 15 is 0 Å². The minimum atomic E-state index is -0.0900. The van der Waals surface area contributed by atoms with E-state index < -0.39 is 0 Å². The van der Waals surface area contributed by atoms with Crippen LogP contribution in [0.25, 0.3) is 0 Å². The molecule has 0 aromatic carbocycles. The zero-order valence-corrected chi connectivity index (χ0v) is 9.83. The highest BCUT2D eigenvalue weighted by molar-refractivity contribution is 5.06. The molecule has 16 heavy (non-hydrogen) atoms. The Hall–Kier alpha value is -0.900. The summed E-state index contributed by atoms with van der Waals surface area (Å²) in [5, 5.41) is 7.64. The minimum absolute atomic E-state index is 0.0900. The fourth-order valence-electron chi connectivity index (χ4n) is 2.53. The molecule has 1 saturated carbocycles. The van der Waals surface area contributed by atoms with E-state index in [1.165, 1.54) is 32.1 Å². The molecule has 4 heteroatoms. The van der Waals surface area contributed by atoms with Crippen molar-refractivity contribution in [2.24, 2.45) is 0 Å². The molecule has 2 aliphatic rings. The fourth-order valence-corrected chi connectivity index (χ4v) is 2.53. The molecule has 1 aliphatic heterocycles. The summed E-state index contributed by atoms with van der Waals surface area (Å²) in [4.78, 5) is 4.59. The Kier molecular flexibility index (Phi) is 2.46. The fraction of sp³-hybridized carbons (Fsp3) is 0.833. The molecule has 1 aromatic heterocycles. The zero-order valence-electron chi connectivity index (χ0n) is 9.83. The van der Waals surface area contributed by atoms with Crippen LogP contribution in [0.15, 0.2) is 4.52 Å². The maximum atomic E-state index is 5.44. The highest BCUT2D eigenvalue weighted by Gasteiger charge is 2.35. The van der Waals surface area contributed by atoms with Crippen LogP contribution in [0, 0.1) is 0 Å². The van der Waals surface area contributed by atoms with Gasteiger partial charge in [0.05, 0.1) is 5.54 Å². The lowest BCUT2D eigenvalue weighted by Gasteiger charge is -2.31. The normalized spacial score (nSPS) is 31.3. The van der Waals surface area contributed by atoms with Gasteiger partial charge in [-0.2, -0.15) is 4.98 Å². The predicted molar refractivity (Wildman–Crippen MR) is 60.1 cm³/mol. The number of nitrogens with one attached hydrogen (secondary N) is 1. The Labute approximate surface area is 95.8 Å². The van der Waals surface area contributed by atoms with Crippen LogP contribution in [0.2, 0.25) is 0 Å². The smallest absolute Gasteiger partial charge is 0.246 e. The lowest BCUT2D eigenvalue weighted by Crippen LogP contribution is -2.43. The summed E-state index contributed by atoms with van der Waals surface area (Å²) < 4.78 is 5.44. The van der Waals surface area contributed by atoms with E-state index in [0.717, 1.165) is 24.7 Å². The van der Waals surface area contributed by atoms with Gasteiger partial charge in [0.25, 0.3) is 0 Å². The number of hydrogen-bond donors (Lipinski definition) is 1. The molecular formula is C12H19N3O. The van der Waals surface area contributed by atoms with E-state index in [0.29, 0.717) is 5.92 Å². The van der Waals surface area contributed by atoms with Gasteiger partial charge in [-0.1, -0.05) is 11.6 Å². The molecule has 3 rings (SSSR count). The second-order valence-corrected chi connectivity index (χ2v) is 5.30. The maximum absolute atomic E-state index is 5.44. The molecule has 1 unspecified atom stereocenters. The van der Waals surface area contributed by atoms with Crippen LogP contribution < -0.4 is 5.32 Å². The first-order valence-corrected chi connectivity index (χ1v) is 6.37. The summed E-state index contributed by atoms with van der Waals surface area (Å²) in [7, 11) is 0. The Bertz CT molecular complexity index is 364. The Balaban J connectivity index is 1.79. The molecule has 0 amide bonds. The Morgan fingerprint density at radius 2 is 2.19 bits per heavy atom. The molecule has 1 aliphatic carbocycles. The molecule has 1 aromatic rings. The monoisotopic (exact) mass is 221 g/mol. The van der Waals surface area contributed by atoms with Crippen LogP contribution in [0.3, 0.4) is 0 Å². The van der Waals surface area contributed by atoms with Crippen molar-refractivity contribution in [3.63, 3.8) is 0 Å². The SMILES string of the molecule is CC1(c2nc(C3CCC3)no2)CCCCN1. The highest BCUT2D eigenvalue weighted by Crippen LogP contribution is 2.36. The van der Waals surface area contributed by atoms with Gasteiger partial charge in [0.15, 0.2) is 5.82 Å². The molecule has 2 fully saturated rings. The van der Waals surface area contributed by atoms with Crippen LogP contribution in [-0.2, 0) is 5.54 Å². The third kappa shape index (κ3) is 1.65. The summed E-state index contributed by atoms with van der Waals surface area (Å²) in [6.07, 6.45) is 7.35. The zero-order chi connectivity index (χ0) is 11.0. The molecule has 0 bridgehead atoms. The number of aromatic nitrogens is 2. The van der Waals surface area contributed by atoms with Gasteiger partial charge >= 0.3 is 0 Å². The molecule has 4 nitrogen and oxygen atoms in total. The largest absolute Gasteiger partial charge is 0.337 e. The van der Waals surface area contributed by atoms with Crippen molar-refractivity contribution >= 4 is 0 Å². The first-order valence-electron chi connectivity index (χ1n) is 6.37. The van der Waals surface area contributed by atoms with Crippen molar-refractivity contribution in [2.75, 3.05) is 6.54 Å². The van der Waals surface area contributed by atoms with Gasteiger partial charge in [0.1, 0.15) is 0 Å². The highest BCUT2D eigenvalue weighted by atomic mass is 16.5. The van der Waals surface area contributed by atoms with Gasteiger partial charge in [0.2, 0.25) is 5.89 Å². The quantitative estimate of drug-likeness (QED) is 0.832. The van der Waals surface area contributed by atoms with Crippen LogP contribution in [0.1, 0.15) is 63.1 Å². The third-order valence-electron chi connectivity index (χ3n) is 4.00. The minimum Gasteiger partial charge on any atom is -0.337 e. The number of rotatable bonds is 2. The summed E-state index contributed by atoms with van der Waals surface area (Å²) in [6, 6.07) is 0. The molecular weight excluding hydrogens is 202 g/mol. The lowest BCUT2D eigenvalue weighted by atomic mass is 9.85. The van der Waals surface area contributed by atoms with E-state index in [1.807, 2.05) is 0 Å². The van der Waals surface area contributed by atoms with Gasteiger partial charge in [-0.05, 0) is 45.6 Å². The Morgan fingerprint density at radius 3 is 2.81 bits per heavy atom.